The lowest BCUT2D eigenvalue weighted by molar-refractivity contribution is -0.0492. The van der Waals surface area contributed by atoms with Gasteiger partial charge in [-0.15, -0.1) is 0 Å². The molecule has 308 valence electrons. The largest absolute Gasteiger partial charge is 0.511 e. The molecule has 6 rings (SSSR count). The number of fused-ring (bicyclic) bond motifs is 1. The van der Waals surface area contributed by atoms with Crippen LogP contribution in [0.1, 0.15) is 40.1 Å². The van der Waals surface area contributed by atoms with Crippen LogP contribution in [-0.2, 0) is 42.6 Å². The summed E-state index contributed by atoms with van der Waals surface area (Å²) in [5, 5.41) is 0. The van der Waals surface area contributed by atoms with Gasteiger partial charge >= 0.3 is 15.5 Å². The van der Waals surface area contributed by atoms with Gasteiger partial charge < -0.3 is 28.7 Å². The van der Waals surface area contributed by atoms with Gasteiger partial charge in [0.15, 0.2) is 11.6 Å². The maximum atomic E-state index is 16.2. The van der Waals surface area contributed by atoms with Crippen LogP contribution in [0.4, 0.5) is 29.1 Å². The van der Waals surface area contributed by atoms with Gasteiger partial charge in [-0.05, 0) is 66.8 Å². The van der Waals surface area contributed by atoms with Crippen LogP contribution in [0.25, 0.3) is 0 Å². The molecule has 1 aliphatic heterocycles. The highest BCUT2D eigenvalue weighted by Crippen LogP contribution is 2.38. The standard InChI is InChI=1S/C42H45F4N5O6S/c1-28-10-9-13-37-35(28)26-50(58(52,53)42(44,45)46)25-32(17-14-29-11-7-6-8-12-29)51(37)27-40-47-22-36(43)41(48-40)49(23-30-15-18-33(54-2)20-38(30)56-4)24-31-16-19-34(55-3)21-39(31)57-5/h6-13,15-16,18-22,32H,14,17,23-27H2,1-5H3. The van der Waals surface area contributed by atoms with Gasteiger partial charge in [0.05, 0.1) is 41.2 Å². The van der Waals surface area contributed by atoms with Crippen molar-refractivity contribution in [2.75, 3.05) is 44.8 Å². The van der Waals surface area contributed by atoms with E-state index in [0.29, 0.717) is 61.7 Å². The van der Waals surface area contributed by atoms with E-state index in [0.717, 1.165) is 11.8 Å². The molecule has 0 radical (unpaired) electrons. The molecule has 0 bridgehead atoms. The lowest BCUT2D eigenvalue weighted by Crippen LogP contribution is -2.47. The summed E-state index contributed by atoms with van der Waals surface area (Å²) in [6, 6.07) is 24.5. The highest BCUT2D eigenvalue weighted by Gasteiger charge is 2.51. The van der Waals surface area contributed by atoms with Gasteiger partial charge in [0.2, 0.25) is 0 Å². The number of anilines is 2. The zero-order valence-corrected chi connectivity index (χ0v) is 33.6. The molecule has 1 atom stereocenters. The van der Waals surface area contributed by atoms with Crippen molar-refractivity contribution in [2.24, 2.45) is 0 Å². The Balaban J connectivity index is 1.44. The molecule has 5 aromatic rings. The van der Waals surface area contributed by atoms with Crippen LogP contribution in [-0.4, -0.2) is 69.2 Å². The molecule has 0 aliphatic carbocycles. The zero-order chi connectivity index (χ0) is 41.6. The van der Waals surface area contributed by atoms with Gasteiger partial charge in [0.25, 0.3) is 0 Å². The maximum absolute atomic E-state index is 16.2. The van der Waals surface area contributed by atoms with Gasteiger partial charge in [0.1, 0.15) is 28.8 Å². The van der Waals surface area contributed by atoms with Gasteiger partial charge in [-0.3, -0.25) is 0 Å². The van der Waals surface area contributed by atoms with E-state index in [1.165, 1.54) is 28.4 Å². The minimum atomic E-state index is -5.72. The number of rotatable bonds is 15. The maximum Gasteiger partial charge on any atom is 0.511 e. The van der Waals surface area contributed by atoms with E-state index in [1.807, 2.05) is 47.4 Å². The third-order valence-electron chi connectivity index (χ3n) is 10.2. The molecular weight excluding hydrogens is 779 g/mol. The predicted octanol–water partition coefficient (Wildman–Crippen LogP) is 7.84. The second kappa shape index (κ2) is 17.9. The van der Waals surface area contributed by atoms with Gasteiger partial charge in [-0.25, -0.2) is 22.8 Å². The third kappa shape index (κ3) is 9.23. The smallest absolute Gasteiger partial charge is 0.497 e. The fourth-order valence-electron chi connectivity index (χ4n) is 7.13. The zero-order valence-electron chi connectivity index (χ0n) is 32.8. The first-order chi connectivity index (χ1) is 27.8. The molecule has 4 aromatic carbocycles. The number of alkyl halides is 3. The molecule has 1 aromatic heterocycles. The number of benzene rings is 4. The topological polar surface area (TPSA) is 107 Å². The Morgan fingerprint density at radius 2 is 1.45 bits per heavy atom. The summed E-state index contributed by atoms with van der Waals surface area (Å²) in [4.78, 5) is 12.7. The number of sulfonamides is 1. The molecule has 58 heavy (non-hydrogen) atoms. The monoisotopic (exact) mass is 823 g/mol. The summed E-state index contributed by atoms with van der Waals surface area (Å²) >= 11 is 0. The number of nitrogens with zero attached hydrogens (tertiary/aromatic N) is 5. The van der Waals surface area contributed by atoms with E-state index in [4.69, 9.17) is 23.9 Å². The molecule has 16 heteroatoms. The molecular formula is C42H45F4N5O6S. The van der Waals surface area contributed by atoms with Crippen molar-refractivity contribution >= 4 is 21.5 Å². The predicted molar refractivity (Wildman–Crippen MR) is 212 cm³/mol. The minimum Gasteiger partial charge on any atom is -0.497 e. The van der Waals surface area contributed by atoms with Gasteiger partial charge in [-0.2, -0.15) is 17.5 Å². The Morgan fingerprint density at radius 3 is 2.02 bits per heavy atom. The first-order valence-electron chi connectivity index (χ1n) is 18.4. The van der Waals surface area contributed by atoms with Crippen molar-refractivity contribution in [2.45, 2.75) is 57.5 Å². The highest BCUT2D eigenvalue weighted by molar-refractivity contribution is 7.89. The molecule has 11 nitrogen and oxygen atoms in total. The van der Waals surface area contributed by atoms with Gasteiger partial charge in [0, 0.05) is 61.2 Å². The van der Waals surface area contributed by atoms with Gasteiger partial charge in [-0.1, -0.05) is 42.5 Å². The van der Waals surface area contributed by atoms with Crippen LogP contribution in [0, 0.1) is 12.7 Å². The molecule has 0 fully saturated rings. The molecule has 0 amide bonds. The summed E-state index contributed by atoms with van der Waals surface area (Å²) in [5.41, 5.74) is -1.62. The van der Waals surface area contributed by atoms with Crippen LogP contribution in [0.5, 0.6) is 23.0 Å². The number of aryl methyl sites for hydroxylation is 2. The quantitative estimate of drug-likeness (QED) is 0.0971. The second-order valence-corrected chi connectivity index (χ2v) is 15.7. The highest BCUT2D eigenvalue weighted by atomic mass is 32.2. The van der Waals surface area contributed by atoms with Crippen molar-refractivity contribution in [1.82, 2.24) is 14.3 Å². The van der Waals surface area contributed by atoms with E-state index < -0.39 is 40.5 Å². The van der Waals surface area contributed by atoms with Crippen LogP contribution >= 0.6 is 0 Å². The molecule has 2 heterocycles. The Labute approximate surface area is 335 Å². The molecule has 1 aliphatic rings. The molecule has 0 saturated carbocycles. The molecule has 0 spiro atoms. The summed E-state index contributed by atoms with van der Waals surface area (Å²) < 4.78 is 107. The van der Waals surface area contributed by atoms with Crippen molar-refractivity contribution in [3.8, 4) is 23.0 Å². The Morgan fingerprint density at radius 1 is 0.828 bits per heavy atom. The average molecular weight is 824 g/mol. The number of ether oxygens (including phenoxy) is 4. The average Bonchev–Trinajstić information content (AvgIpc) is 3.38. The van der Waals surface area contributed by atoms with E-state index in [1.54, 1.807) is 54.3 Å². The van der Waals surface area contributed by atoms with Crippen LogP contribution in [0.15, 0.2) is 91.1 Å². The lowest BCUT2D eigenvalue weighted by Gasteiger charge is -2.34. The molecule has 0 N–H and O–H groups in total. The number of hydrogen-bond acceptors (Lipinski definition) is 10. The van der Waals surface area contributed by atoms with Crippen molar-refractivity contribution < 1.29 is 44.9 Å². The first kappa shape index (κ1) is 42.0. The number of halogens is 4. The molecule has 0 saturated heterocycles. The lowest BCUT2D eigenvalue weighted by atomic mass is 10.0. The number of aromatic nitrogens is 2. The van der Waals surface area contributed by atoms with Crippen molar-refractivity contribution in [3.05, 3.63) is 131 Å². The number of hydrogen-bond donors (Lipinski definition) is 0. The minimum absolute atomic E-state index is 0.0536. The normalized spacial score (nSPS) is 14.7. The summed E-state index contributed by atoms with van der Waals surface area (Å²) in [5.74, 6) is 1.51. The summed E-state index contributed by atoms with van der Waals surface area (Å²) in [6.07, 6.45) is 1.80. The molecule has 1 unspecified atom stereocenters. The van der Waals surface area contributed by atoms with Crippen LogP contribution < -0.4 is 28.7 Å². The van der Waals surface area contributed by atoms with E-state index in [9.17, 15) is 21.6 Å². The van der Waals surface area contributed by atoms with Crippen LogP contribution in [0.3, 0.4) is 0 Å². The Hall–Kier alpha value is -5.61. The number of methoxy groups -OCH3 is 4. The first-order valence-corrected chi connectivity index (χ1v) is 19.8. The Kier molecular flexibility index (Phi) is 13.0. The Bertz CT molecular complexity index is 2260. The van der Waals surface area contributed by atoms with Crippen molar-refractivity contribution in [1.29, 1.82) is 0 Å². The summed E-state index contributed by atoms with van der Waals surface area (Å²) in [6.45, 7) is 0.937. The van der Waals surface area contributed by atoms with E-state index in [-0.39, 0.29) is 37.7 Å². The fraction of sp³-hybridized carbons (Fsp3) is 0.333. The van der Waals surface area contributed by atoms with Crippen LogP contribution in [0.2, 0.25) is 0 Å². The van der Waals surface area contributed by atoms with E-state index in [2.05, 4.69) is 4.98 Å². The van der Waals surface area contributed by atoms with E-state index >= 15 is 4.39 Å². The third-order valence-corrected chi connectivity index (χ3v) is 11.8. The SMILES string of the molecule is COc1ccc(CN(Cc2ccc(OC)cc2OC)c2nc(CN3c4cccc(C)c4CN(S(=O)(=O)C(F)(F)F)CC3CCc3ccccc3)ncc2F)c(OC)c1. The summed E-state index contributed by atoms with van der Waals surface area (Å²) in [7, 11) is 0.408. The second-order valence-electron chi connectivity index (χ2n) is 13.8. The fourth-order valence-corrected chi connectivity index (χ4v) is 8.09. The van der Waals surface area contributed by atoms with Crippen molar-refractivity contribution in [3.63, 3.8) is 0 Å².